The Morgan fingerprint density at radius 2 is 1.92 bits per heavy atom. The van der Waals surface area contributed by atoms with Crippen molar-refractivity contribution in [3.05, 3.63) is 63.7 Å². The van der Waals surface area contributed by atoms with E-state index in [1.54, 1.807) is 24.3 Å². The summed E-state index contributed by atoms with van der Waals surface area (Å²) in [6.07, 6.45) is 12.9. The van der Waals surface area contributed by atoms with Gasteiger partial charge in [-0.3, -0.25) is 19.7 Å². The molecule has 1 amide bonds. The highest BCUT2D eigenvalue weighted by Gasteiger charge is 2.60. The Balaban J connectivity index is 1.29. The molecule has 194 valence electrons. The van der Waals surface area contributed by atoms with Crippen LogP contribution in [0.25, 0.3) is 0 Å². The van der Waals surface area contributed by atoms with Crippen LogP contribution in [0.5, 0.6) is 0 Å². The smallest absolute Gasteiger partial charge is 0.274 e. The van der Waals surface area contributed by atoms with Gasteiger partial charge in [0.05, 0.1) is 16.5 Å². The summed E-state index contributed by atoms with van der Waals surface area (Å²) in [5.41, 5.74) is 3.03. The number of nitro groups is 1. The summed E-state index contributed by atoms with van der Waals surface area (Å²) >= 11 is 0. The maximum absolute atomic E-state index is 12.6. The molecular formula is C30H35N3O4. The fraction of sp³-hybridized carbons (Fsp3) is 0.567. The van der Waals surface area contributed by atoms with Gasteiger partial charge in [-0.2, -0.15) is 5.10 Å². The fourth-order valence-electron chi connectivity index (χ4n) is 8.96. The summed E-state index contributed by atoms with van der Waals surface area (Å²) in [5, 5.41) is 18.1. The molecule has 7 nitrogen and oxygen atoms in total. The Morgan fingerprint density at radius 1 is 1.14 bits per heavy atom. The van der Waals surface area contributed by atoms with E-state index >= 15 is 0 Å². The van der Waals surface area contributed by atoms with Crippen molar-refractivity contribution in [3.8, 4) is 0 Å². The second-order valence-corrected chi connectivity index (χ2v) is 12.3. The molecule has 3 fully saturated rings. The number of amides is 1. The van der Waals surface area contributed by atoms with Crippen molar-refractivity contribution >= 4 is 23.1 Å². The van der Waals surface area contributed by atoms with Crippen LogP contribution in [0.2, 0.25) is 0 Å². The Hall–Kier alpha value is -3.09. The molecule has 0 bridgehead atoms. The summed E-state index contributed by atoms with van der Waals surface area (Å²) in [6.45, 7) is 6.25. The van der Waals surface area contributed by atoms with Crippen molar-refractivity contribution in [1.29, 1.82) is 0 Å². The highest BCUT2D eigenvalue weighted by atomic mass is 16.6. The van der Waals surface area contributed by atoms with Crippen LogP contribution < -0.4 is 0 Å². The molecule has 0 radical (unpaired) electrons. The van der Waals surface area contributed by atoms with Gasteiger partial charge in [0.15, 0.2) is 5.78 Å². The van der Waals surface area contributed by atoms with Crippen molar-refractivity contribution in [2.45, 2.75) is 71.8 Å². The Labute approximate surface area is 217 Å². The molecular weight excluding hydrogens is 466 g/mol. The molecule has 0 saturated heterocycles. The van der Waals surface area contributed by atoms with E-state index in [9.17, 15) is 19.7 Å². The van der Waals surface area contributed by atoms with Crippen molar-refractivity contribution in [1.82, 2.24) is 5.01 Å². The molecule has 0 spiro atoms. The minimum absolute atomic E-state index is 0.0239. The molecule has 3 saturated carbocycles. The van der Waals surface area contributed by atoms with Gasteiger partial charge in [-0.25, -0.2) is 5.01 Å². The highest BCUT2D eigenvalue weighted by Crippen LogP contribution is 2.66. The van der Waals surface area contributed by atoms with E-state index in [0.717, 1.165) is 44.2 Å². The number of para-hydroxylation sites is 1. The zero-order valence-corrected chi connectivity index (χ0v) is 21.9. The second-order valence-electron chi connectivity index (χ2n) is 12.3. The summed E-state index contributed by atoms with van der Waals surface area (Å²) in [7, 11) is 0. The summed E-state index contributed by atoms with van der Waals surface area (Å²) in [5.74, 6) is 1.96. The van der Waals surface area contributed by atoms with E-state index < -0.39 is 6.04 Å². The zero-order valence-electron chi connectivity index (χ0n) is 21.9. The first kappa shape index (κ1) is 24.3. The van der Waals surface area contributed by atoms with Gasteiger partial charge in [0.1, 0.15) is 0 Å². The quantitative estimate of drug-likeness (QED) is 0.366. The van der Waals surface area contributed by atoms with Crippen molar-refractivity contribution < 1.29 is 14.5 Å². The Kier molecular flexibility index (Phi) is 5.55. The van der Waals surface area contributed by atoms with E-state index in [4.69, 9.17) is 5.10 Å². The lowest BCUT2D eigenvalue weighted by atomic mass is 9.47. The van der Waals surface area contributed by atoms with Crippen LogP contribution >= 0.6 is 0 Å². The maximum atomic E-state index is 12.6. The summed E-state index contributed by atoms with van der Waals surface area (Å²) < 4.78 is 0. The topological polar surface area (TPSA) is 92.9 Å². The van der Waals surface area contributed by atoms with Crippen LogP contribution in [0.3, 0.4) is 0 Å². The van der Waals surface area contributed by atoms with E-state index in [-0.39, 0.29) is 39.0 Å². The molecule has 4 aliphatic carbocycles. The SMILES string of the molecule is CC(=O)N1N=C([C@H]2CC[C@H]3[C@@H]4CCC5=CC(=O)C=C[C@]5(C)[C@H]4CC[C@]23C)CC1c1ccccc1[N+](=O)[O-]. The number of carbonyl (C=O) groups excluding carboxylic acids is 2. The summed E-state index contributed by atoms with van der Waals surface area (Å²) in [6, 6.07) is 6.31. The minimum atomic E-state index is -0.431. The van der Waals surface area contributed by atoms with E-state index in [1.807, 2.05) is 6.08 Å². The van der Waals surface area contributed by atoms with E-state index in [0.29, 0.717) is 29.7 Å². The van der Waals surface area contributed by atoms with Gasteiger partial charge in [0.2, 0.25) is 5.91 Å². The monoisotopic (exact) mass is 501 g/mol. The summed E-state index contributed by atoms with van der Waals surface area (Å²) in [4.78, 5) is 36.1. The third kappa shape index (κ3) is 3.57. The van der Waals surface area contributed by atoms with Gasteiger partial charge in [0.25, 0.3) is 5.69 Å². The molecule has 0 N–H and O–H groups in total. The first-order valence-corrected chi connectivity index (χ1v) is 13.7. The molecule has 1 unspecified atom stereocenters. The lowest BCUT2D eigenvalue weighted by Crippen LogP contribution is -2.50. The van der Waals surface area contributed by atoms with Gasteiger partial charge < -0.3 is 0 Å². The van der Waals surface area contributed by atoms with Crippen LogP contribution in [0.4, 0.5) is 5.69 Å². The van der Waals surface area contributed by atoms with Gasteiger partial charge in [-0.05, 0) is 79.9 Å². The number of rotatable bonds is 3. The molecule has 0 aromatic heterocycles. The second kappa shape index (κ2) is 8.47. The van der Waals surface area contributed by atoms with Crippen LogP contribution in [0.15, 0.2) is 53.2 Å². The van der Waals surface area contributed by atoms with Crippen LogP contribution in [-0.2, 0) is 9.59 Å². The standard InChI is InChI=1S/C30H35N3O4/c1-18(34)32-28(22-6-4-5-7-27(22)33(36)37)17-26(31-32)25-11-10-23-21-9-8-19-16-20(35)12-14-29(19,2)24(21)13-15-30(23,25)3/h4-7,12,14,16,21,23-25,28H,8-11,13,15,17H2,1-3H3/t21-,23-,24-,25+,28?,29-,30-/m0/s1. The molecule has 7 atom stereocenters. The minimum Gasteiger partial charge on any atom is -0.290 e. The number of nitro benzene ring substituents is 1. The number of hydrogen-bond acceptors (Lipinski definition) is 5. The average molecular weight is 502 g/mol. The predicted molar refractivity (Wildman–Crippen MR) is 141 cm³/mol. The van der Waals surface area contributed by atoms with E-state index in [1.165, 1.54) is 23.6 Å². The lowest BCUT2D eigenvalue weighted by Gasteiger charge is -2.57. The third-order valence-electron chi connectivity index (χ3n) is 10.7. The number of ketones is 1. The zero-order chi connectivity index (χ0) is 26.1. The number of fused-ring (bicyclic) bond motifs is 5. The molecule has 6 rings (SSSR count). The van der Waals surface area contributed by atoms with Crippen LogP contribution in [-0.4, -0.2) is 27.3 Å². The fourth-order valence-corrected chi connectivity index (χ4v) is 8.96. The lowest BCUT2D eigenvalue weighted by molar-refractivity contribution is -0.385. The molecule has 1 aromatic rings. The number of benzene rings is 1. The van der Waals surface area contributed by atoms with Crippen molar-refractivity contribution in [2.75, 3.05) is 0 Å². The number of nitrogens with zero attached hydrogens (tertiary/aromatic N) is 3. The number of hydrazone groups is 1. The highest BCUT2D eigenvalue weighted by molar-refractivity contribution is 6.01. The molecule has 5 aliphatic rings. The van der Waals surface area contributed by atoms with E-state index in [2.05, 4.69) is 19.9 Å². The third-order valence-corrected chi connectivity index (χ3v) is 10.7. The van der Waals surface area contributed by atoms with Crippen LogP contribution in [0.1, 0.15) is 77.3 Å². The molecule has 1 aliphatic heterocycles. The molecule has 7 heteroatoms. The molecule has 1 heterocycles. The Morgan fingerprint density at radius 3 is 2.68 bits per heavy atom. The van der Waals surface area contributed by atoms with Crippen molar-refractivity contribution in [3.63, 3.8) is 0 Å². The maximum Gasteiger partial charge on any atom is 0.274 e. The van der Waals surface area contributed by atoms with Crippen molar-refractivity contribution in [2.24, 2.45) is 39.6 Å². The first-order chi connectivity index (χ1) is 17.6. The largest absolute Gasteiger partial charge is 0.290 e. The molecule has 37 heavy (non-hydrogen) atoms. The first-order valence-electron chi connectivity index (χ1n) is 13.7. The average Bonchev–Trinajstić information content (AvgIpc) is 3.45. The van der Waals surface area contributed by atoms with Gasteiger partial charge in [0, 0.05) is 36.5 Å². The Bertz CT molecular complexity index is 1280. The van der Waals surface area contributed by atoms with Gasteiger partial charge >= 0.3 is 0 Å². The number of hydrogen-bond donors (Lipinski definition) is 0. The molecule has 1 aromatic carbocycles. The van der Waals surface area contributed by atoms with Crippen LogP contribution in [0, 0.1) is 44.6 Å². The number of carbonyl (C=O) groups is 2. The van der Waals surface area contributed by atoms with Gasteiger partial charge in [-0.1, -0.05) is 37.6 Å². The number of allylic oxidation sites excluding steroid dienone is 4. The predicted octanol–water partition coefficient (Wildman–Crippen LogP) is 6.17. The normalized spacial score (nSPS) is 38.4. The van der Waals surface area contributed by atoms with Gasteiger partial charge in [-0.15, -0.1) is 0 Å².